The number of halogens is 1. The van der Waals surface area contributed by atoms with Gasteiger partial charge in [-0.05, 0) is 73.9 Å². The van der Waals surface area contributed by atoms with Crippen molar-refractivity contribution in [1.82, 2.24) is 0 Å². The number of benzene rings is 3. The third kappa shape index (κ3) is 4.88. The van der Waals surface area contributed by atoms with Crippen LogP contribution in [0.4, 0.5) is 21.5 Å². The fourth-order valence-electron chi connectivity index (χ4n) is 3.61. The molecular weight excluding hydrogens is 445 g/mol. The summed E-state index contributed by atoms with van der Waals surface area (Å²) < 4.78 is 40.9. The second-order valence-electron chi connectivity index (χ2n) is 7.75. The van der Waals surface area contributed by atoms with E-state index < -0.39 is 27.7 Å². The van der Waals surface area contributed by atoms with Crippen LogP contribution in [0, 0.1) is 12.7 Å². The molecule has 0 atom stereocenters. The van der Waals surface area contributed by atoms with Crippen LogP contribution in [0.15, 0.2) is 71.6 Å². The van der Waals surface area contributed by atoms with E-state index in [-0.39, 0.29) is 10.6 Å². The maximum Gasteiger partial charge on any atom is 0.314 e. The zero-order valence-electron chi connectivity index (χ0n) is 17.8. The van der Waals surface area contributed by atoms with Crippen molar-refractivity contribution in [2.45, 2.75) is 24.7 Å². The molecule has 0 unspecified atom stereocenters. The largest absolute Gasteiger partial charge is 0.318 e. The molecule has 1 aliphatic rings. The van der Waals surface area contributed by atoms with E-state index in [1.165, 1.54) is 28.6 Å². The van der Waals surface area contributed by atoms with Crippen LogP contribution in [0.1, 0.15) is 17.5 Å². The van der Waals surface area contributed by atoms with Crippen molar-refractivity contribution >= 4 is 38.9 Å². The average Bonchev–Trinajstić information content (AvgIpc) is 2.80. The summed E-state index contributed by atoms with van der Waals surface area (Å²) in [4.78, 5) is 24.7. The smallest absolute Gasteiger partial charge is 0.314 e. The normalized spacial score (nSPS) is 13.2. The molecule has 1 aliphatic heterocycles. The molecule has 0 saturated heterocycles. The molecule has 170 valence electrons. The Bertz CT molecular complexity index is 1310. The Labute approximate surface area is 191 Å². The summed E-state index contributed by atoms with van der Waals surface area (Å²) in [7, 11) is -3.79. The fraction of sp³-hybridized carbons (Fsp3) is 0.167. The first kappa shape index (κ1) is 22.5. The highest BCUT2D eigenvalue weighted by Gasteiger charge is 2.29. The van der Waals surface area contributed by atoms with E-state index in [0.29, 0.717) is 30.8 Å². The van der Waals surface area contributed by atoms with Gasteiger partial charge >= 0.3 is 11.8 Å². The lowest BCUT2D eigenvalue weighted by Gasteiger charge is -2.31. The predicted octanol–water partition coefficient (Wildman–Crippen LogP) is 3.85. The number of nitrogens with one attached hydrogen (secondary N) is 2. The summed E-state index contributed by atoms with van der Waals surface area (Å²) in [6.45, 7) is 2.19. The van der Waals surface area contributed by atoms with E-state index in [9.17, 15) is 22.4 Å². The minimum Gasteiger partial charge on any atom is -0.318 e. The van der Waals surface area contributed by atoms with Gasteiger partial charge in [-0.15, -0.1) is 0 Å². The fourth-order valence-corrected chi connectivity index (χ4v) is 5.15. The number of anilines is 3. The van der Waals surface area contributed by atoms with Crippen LogP contribution in [0.25, 0.3) is 0 Å². The van der Waals surface area contributed by atoms with Crippen LogP contribution in [0.3, 0.4) is 0 Å². The van der Waals surface area contributed by atoms with Crippen molar-refractivity contribution in [3.8, 4) is 0 Å². The number of sulfonamides is 1. The van der Waals surface area contributed by atoms with E-state index in [0.717, 1.165) is 11.1 Å². The Hall–Kier alpha value is -3.72. The number of amides is 2. The SMILES string of the molecule is Cc1ccc(S(=O)(=O)N2CCCc3ccc(NC(=O)C(=O)Nc4ccc(F)cc4)cc32)cc1. The Balaban J connectivity index is 1.55. The second-order valence-corrected chi connectivity index (χ2v) is 9.61. The molecule has 0 radical (unpaired) electrons. The third-order valence-corrected chi connectivity index (χ3v) is 7.16. The van der Waals surface area contributed by atoms with E-state index in [4.69, 9.17) is 0 Å². The summed E-state index contributed by atoms with van der Waals surface area (Å²) in [5.74, 6) is -2.32. The minimum atomic E-state index is -3.79. The van der Waals surface area contributed by atoms with Crippen molar-refractivity contribution < 1.29 is 22.4 Å². The van der Waals surface area contributed by atoms with Crippen molar-refractivity contribution in [3.05, 3.63) is 83.7 Å². The lowest BCUT2D eigenvalue weighted by Crippen LogP contribution is -2.35. The molecule has 0 aliphatic carbocycles. The number of rotatable bonds is 4. The van der Waals surface area contributed by atoms with Crippen molar-refractivity contribution in [2.24, 2.45) is 0 Å². The van der Waals surface area contributed by atoms with Gasteiger partial charge in [-0.3, -0.25) is 13.9 Å². The molecule has 4 rings (SSSR count). The molecule has 0 fully saturated rings. The average molecular weight is 468 g/mol. The zero-order valence-corrected chi connectivity index (χ0v) is 18.7. The maximum atomic E-state index is 13.3. The summed E-state index contributed by atoms with van der Waals surface area (Å²) in [5, 5.41) is 4.88. The van der Waals surface area contributed by atoms with Crippen LogP contribution >= 0.6 is 0 Å². The van der Waals surface area contributed by atoms with Crippen LogP contribution < -0.4 is 14.9 Å². The lowest BCUT2D eigenvalue weighted by molar-refractivity contribution is -0.132. The molecule has 1 heterocycles. The molecule has 2 amide bonds. The number of carbonyl (C=O) groups excluding carboxylic acids is 2. The van der Waals surface area contributed by atoms with Crippen molar-refractivity contribution in [1.29, 1.82) is 0 Å². The molecular formula is C24H22FN3O4S. The zero-order chi connectivity index (χ0) is 23.6. The number of hydrogen-bond donors (Lipinski definition) is 2. The van der Waals surface area contributed by atoms with Gasteiger partial charge in [0.15, 0.2) is 0 Å². The molecule has 2 N–H and O–H groups in total. The molecule has 0 bridgehead atoms. The van der Waals surface area contributed by atoms with Crippen LogP contribution in [-0.2, 0) is 26.0 Å². The molecule has 9 heteroatoms. The Kier molecular flexibility index (Phi) is 6.15. The molecule has 0 saturated carbocycles. The number of aryl methyl sites for hydroxylation is 2. The molecule has 33 heavy (non-hydrogen) atoms. The van der Waals surface area contributed by atoms with Gasteiger partial charge in [0.25, 0.3) is 10.0 Å². The highest BCUT2D eigenvalue weighted by molar-refractivity contribution is 7.92. The Morgan fingerprint density at radius 3 is 2.15 bits per heavy atom. The second kappa shape index (κ2) is 9.03. The summed E-state index contributed by atoms with van der Waals surface area (Å²) in [5.41, 5.74) is 2.83. The number of hydrogen-bond acceptors (Lipinski definition) is 4. The van der Waals surface area contributed by atoms with Crippen LogP contribution in [0.5, 0.6) is 0 Å². The highest BCUT2D eigenvalue weighted by atomic mass is 32.2. The summed E-state index contributed by atoms with van der Waals surface area (Å²) >= 11 is 0. The lowest BCUT2D eigenvalue weighted by atomic mass is 10.0. The number of fused-ring (bicyclic) bond motifs is 1. The van der Waals surface area contributed by atoms with Gasteiger partial charge in [0.1, 0.15) is 5.82 Å². The first-order chi connectivity index (χ1) is 15.7. The monoisotopic (exact) mass is 467 g/mol. The van der Waals surface area contributed by atoms with Gasteiger partial charge in [-0.1, -0.05) is 23.8 Å². The van der Waals surface area contributed by atoms with Gasteiger partial charge in [-0.25, -0.2) is 12.8 Å². The molecule has 0 aromatic heterocycles. The van der Waals surface area contributed by atoms with Crippen molar-refractivity contribution in [3.63, 3.8) is 0 Å². The van der Waals surface area contributed by atoms with E-state index in [2.05, 4.69) is 10.6 Å². The predicted molar refractivity (Wildman–Crippen MR) is 124 cm³/mol. The highest BCUT2D eigenvalue weighted by Crippen LogP contribution is 2.34. The molecule has 0 spiro atoms. The van der Waals surface area contributed by atoms with Crippen LogP contribution in [-0.4, -0.2) is 26.8 Å². The third-order valence-electron chi connectivity index (χ3n) is 5.34. The quantitative estimate of drug-likeness (QED) is 0.570. The van der Waals surface area contributed by atoms with Gasteiger partial charge in [0.05, 0.1) is 10.6 Å². The summed E-state index contributed by atoms with van der Waals surface area (Å²) in [6, 6.07) is 16.6. The van der Waals surface area contributed by atoms with E-state index in [1.54, 1.807) is 42.5 Å². The summed E-state index contributed by atoms with van der Waals surface area (Å²) in [6.07, 6.45) is 1.37. The van der Waals surface area contributed by atoms with Gasteiger partial charge in [-0.2, -0.15) is 0 Å². The standard InChI is InChI=1S/C24H22FN3O4S/c1-16-4-12-21(13-5-16)33(31,32)28-14-2-3-17-6-9-20(15-22(17)28)27-24(30)23(29)26-19-10-7-18(25)8-11-19/h4-13,15H,2-3,14H2,1H3,(H,26,29)(H,27,30). The maximum absolute atomic E-state index is 13.3. The minimum absolute atomic E-state index is 0.189. The van der Waals surface area contributed by atoms with Crippen LogP contribution in [0.2, 0.25) is 0 Å². The molecule has 3 aromatic rings. The Morgan fingerprint density at radius 2 is 1.48 bits per heavy atom. The van der Waals surface area contributed by atoms with Crippen molar-refractivity contribution in [2.75, 3.05) is 21.5 Å². The first-order valence-corrected chi connectivity index (χ1v) is 11.8. The Morgan fingerprint density at radius 1 is 0.879 bits per heavy atom. The topological polar surface area (TPSA) is 95.6 Å². The van der Waals surface area contributed by atoms with E-state index in [1.807, 2.05) is 6.92 Å². The number of carbonyl (C=O) groups is 2. The van der Waals surface area contributed by atoms with Gasteiger partial charge < -0.3 is 10.6 Å². The van der Waals surface area contributed by atoms with Gasteiger partial charge in [0.2, 0.25) is 0 Å². The molecule has 3 aromatic carbocycles. The first-order valence-electron chi connectivity index (χ1n) is 10.3. The number of nitrogens with zero attached hydrogens (tertiary/aromatic N) is 1. The van der Waals surface area contributed by atoms with Gasteiger partial charge in [0, 0.05) is 17.9 Å². The van der Waals surface area contributed by atoms with E-state index >= 15 is 0 Å². The molecule has 7 nitrogen and oxygen atoms in total.